The second kappa shape index (κ2) is 11.4. The number of piperidine rings is 1. The van der Waals surface area contributed by atoms with Crippen LogP contribution < -0.4 is 24.8 Å². The second-order valence-corrected chi connectivity index (χ2v) is 9.42. The molecule has 2 aliphatic heterocycles. The van der Waals surface area contributed by atoms with Gasteiger partial charge in [0.15, 0.2) is 18.1 Å². The predicted molar refractivity (Wildman–Crippen MR) is 138 cm³/mol. The summed E-state index contributed by atoms with van der Waals surface area (Å²) in [5.74, 6) is -1.04. The Labute approximate surface area is 228 Å². The fourth-order valence-electron chi connectivity index (χ4n) is 4.69. The van der Waals surface area contributed by atoms with E-state index in [-0.39, 0.29) is 48.4 Å². The molecule has 206 valence electrons. The highest BCUT2D eigenvalue weighted by Gasteiger charge is 2.35. The second-order valence-electron chi connectivity index (χ2n) is 9.42. The summed E-state index contributed by atoms with van der Waals surface area (Å²) in [6.45, 7) is 0.0962. The average Bonchev–Trinajstić information content (AvgIpc) is 3.44. The van der Waals surface area contributed by atoms with Crippen molar-refractivity contribution in [2.75, 3.05) is 26.8 Å². The zero-order chi connectivity index (χ0) is 28.2. The number of H-pyrrole nitrogens is 1. The van der Waals surface area contributed by atoms with E-state index in [4.69, 9.17) is 19.5 Å². The average molecular weight is 548 g/mol. The Morgan fingerprint density at radius 3 is 2.83 bits per heavy atom. The first-order valence-electron chi connectivity index (χ1n) is 12.5. The summed E-state index contributed by atoms with van der Waals surface area (Å²) >= 11 is 0. The van der Waals surface area contributed by atoms with Crippen molar-refractivity contribution in [2.45, 2.75) is 25.1 Å². The molecule has 1 aromatic heterocycles. The van der Waals surface area contributed by atoms with Crippen molar-refractivity contribution in [2.24, 2.45) is 0 Å². The molecule has 3 heterocycles. The van der Waals surface area contributed by atoms with Gasteiger partial charge >= 0.3 is 0 Å². The van der Waals surface area contributed by atoms with E-state index in [0.29, 0.717) is 29.8 Å². The molecule has 2 atom stereocenters. The van der Waals surface area contributed by atoms with Gasteiger partial charge in [-0.25, -0.2) is 4.39 Å². The van der Waals surface area contributed by atoms with Crippen molar-refractivity contribution in [3.63, 3.8) is 0 Å². The third kappa shape index (κ3) is 5.83. The lowest BCUT2D eigenvalue weighted by molar-refractivity contribution is -0.123. The first-order valence-corrected chi connectivity index (χ1v) is 12.5. The Balaban J connectivity index is 1.46. The van der Waals surface area contributed by atoms with Gasteiger partial charge in [0.2, 0.25) is 0 Å². The Bertz CT molecular complexity index is 1500. The molecule has 3 N–H and O–H groups in total. The molecular formula is C28H26FN5O6. The zero-order valence-electron chi connectivity index (χ0n) is 21.5. The summed E-state index contributed by atoms with van der Waals surface area (Å²) in [4.78, 5) is 43.3. The van der Waals surface area contributed by atoms with E-state index in [1.54, 1.807) is 23.1 Å². The van der Waals surface area contributed by atoms with Crippen molar-refractivity contribution in [3.05, 3.63) is 76.9 Å². The number of methoxy groups -OCH3 is 1. The van der Waals surface area contributed by atoms with E-state index < -0.39 is 29.8 Å². The van der Waals surface area contributed by atoms with Gasteiger partial charge in [-0.05, 0) is 42.0 Å². The molecule has 1 saturated heterocycles. The fourth-order valence-corrected chi connectivity index (χ4v) is 4.69. The normalized spacial score (nSPS) is 19.2. The van der Waals surface area contributed by atoms with E-state index in [9.17, 15) is 18.8 Å². The summed E-state index contributed by atoms with van der Waals surface area (Å²) in [5, 5.41) is 14.7. The highest BCUT2D eigenvalue weighted by atomic mass is 19.1. The molecule has 0 unspecified atom stereocenters. The predicted octanol–water partition coefficient (Wildman–Crippen LogP) is 2.13. The van der Waals surface area contributed by atoms with Crippen molar-refractivity contribution in [1.82, 2.24) is 20.5 Å². The number of aromatic amines is 1. The van der Waals surface area contributed by atoms with Gasteiger partial charge < -0.3 is 34.7 Å². The summed E-state index contributed by atoms with van der Waals surface area (Å²) in [6, 6.07) is 11.5. The van der Waals surface area contributed by atoms with Crippen LogP contribution in [0.4, 0.5) is 4.39 Å². The van der Waals surface area contributed by atoms with E-state index in [1.807, 2.05) is 6.07 Å². The number of aromatic nitrogens is 1. The maximum absolute atomic E-state index is 14.4. The van der Waals surface area contributed by atoms with Crippen LogP contribution >= 0.6 is 0 Å². The number of carbonyl (C=O) groups excluding carboxylic acids is 3. The van der Waals surface area contributed by atoms with Crippen LogP contribution in [0, 0.1) is 17.1 Å². The maximum Gasteiger partial charge on any atom is 0.270 e. The summed E-state index contributed by atoms with van der Waals surface area (Å²) in [7, 11) is 1.44. The number of nitrogens with zero attached hydrogens (tertiary/aromatic N) is 2. The Morgan fingerprint density at radius 1 is 1.20 bits per heavy atom. The molecule has 0 radical (unpaired) electrons. The van der Waals surface area contributed by atoms with E-state index >= 15 is 0 Å². The SMILES string of the molecule is COc1ccc2cc1OCC(=O)NCc1cc(F)cc(c1)O[C@@H]1CCN(C(=O)c3cc(C#N)c[nH]3)C[C@@H]1NC2=O. The van der Waals surface area contributed by atoms with Crippen LogP contribution in [0.1, 0.15) is 38.4 Å². The first-order chi connectivity index (χ1) is 19.3. The Hall–Kier alpha value is -5.05. The molecule has 0 saturated carbocycles. The number of rotatable bonds is 2. The van der Waals surface area contributed by atoms with Crippen LogP contribution in [0.5, 0.6) is 17.2 Å². The van der Waals surface area contributed by atoms with Gasteiger partial charge in [-0.3, -0.25) is 14.4 Å². The molecule has 5 rings (SSSR count). The van der Waals surface area contributed by atoms with Crippen LogP contribution in [0.25, 0.3) is 0 Å². The van der Waals surface area contributed by atoms with Crippen molar-refractivity contribution in [3.8, 4) is 23.3 Å². The number of likely N-dealkylation sites (tertiary alicyclic amines) is 1. The van der Waals surface area contributed by atoms with Gasteiger partial charge in [-0.2, -0.15) is 5.26 Å². The molecule has 12 heteroatoms. The van der Waals surface area contributed by atoms with Crippen molar-refractivity contribution < 1.29 is 33.0 Å². The van der Waals surface area contributed by atoms with Gasteiger partial charge in [-0.1, -0.05) is 0 Å². The van der Waals surface area contributed by atoms with E-state index in [2.05, 4.69) is 15.6 Å². The standard InChI is InChI=1S/C28H26FN5O6/c1-38-24-3-2-18-9-25(24)39-15-26(35)32-12-16-6-19(29)10-20(7-16)40-23-4-5-34(14-22(23)33-27(18)36)28(37)21-8-17(11-30)13-31-21/h2-3,6-10,13,22-23,31H,4-5,12,14-15H2,1H3,(H,32,35)(H,33,36)/t22-,23+/m0/s1. The quantitative estimate of drug-likeness (QED) is 0.446. The summed E-state index contributed by atoms with van der Waals surface area (Å²) < 4.78 is 31.5. The van der Waals surface area contributed by atoms with Gasteiger partial charge in [0.25, 0.3) is 17.7 Å². The minimum atomic E-state index is -0.665. The molecule has 40 heavy (non-hydrogen) atoms. The molecule has 3 amide bonds. The number of nitrogens with one attached hydrogen (secondary N) is 3. The van der Waals surface area contributed by atoms with Gasteiger partial charge in [0.05, 0.1) is 18.7 Å². The van der Waals surface area contributed by atoms with Gasteiger partial charge in [-0.15, -0.1) is 0 Å². The number of ether oxygens (including phenoxy) is 3. The molecule has 0 spiro atoms. The number of hydrogen-bond donors (Lipinski definition) is 3. The number of amides is 3. The minimum Gasteiger partial charge on any atom is -0.493 e. The molecule has 4 bridgehead atoms. The largest absolute Gasteiger partial charge is 0.493 e. The molecule has 3 aromatic rings. The van der Waals surface area contributed by atoms with Crippen LogP contribution in [0.3, 0.4) is 0 Å². The van der Waals surface area contributed by atoms with Gasteiger partial charge in [0, 0.05) is 43.9 Å². The number of benzene rings is 2. The smallest absolute Gasteiger partial charge is 0.270 e. The highest BCUT2D eigenvalue weighted by molar-refractivity contribution is 5.95. The van der Waals surface area contributed by atoms with Crippen LogP contribution in [0.15, 0.2) is 48.7 Å². The number of halogens is 1. The Morgan fingerprint density at radius 2 is 2.05 bits per heavy atom. The number of hydrogen-bond acceptors (Lipinski definition) is 7. The first kappa shape index (κ1) is 26.6. The molecule has 0 aliphatic carbocycles. The third-order valence-corrected chi connectivity index (χ3v) is 6.69. The Kier molecular flexibility index (Phi) is 7.54. The molecule has 11 nitrogen and oxygen atoms in total. The number of nitriles is 1. The highest BCUT2D eigenvalue weighted by Crippen LogP contribution is 2.29. The third-order valence-electron chi connectivity index (χ3n) is 6.69. The lowest BCUT2D eigenvalue weighted by Crippen LogP contribution is -2.58. The van der Waals surface area contributed by atoms with E-state index in [0.717, 1.165) is 0 Å². The van der Waals surface area contributed by atoms with Crippen LogP contribution in [-0.2, 0) is 11.3 Å². The number of carbonyl (C=O) groups is 3. The molecule has 2 aliphatic rings. The topological polar surface area (TPSA) is 146 Å². The fraction of sp³-hybridized carbons (Fsp3) is 0.286. The van der Waals surface area contributed by atoms with Crippen LogP contribution in [0.2, 0.25) is 0 Å². The van der Waals surface area contributed by atoms with Crippen molar-refractivity contribution >= 4 is 17.7 Å². The molecule has 1 fully saturated rings. The molecule has 2 aromatic carbocycles. The maximum atomic E-state index is 14.4. The zero-order valence-corrected chi connectivity index (χ0v) is 21.5. The number of fused-ring (bicyclic) bond motifs is 5. The summed E-state index contributed by atoms with van der Waals surface area (Å²) in [5.41, 5.74) is 1.30. The summed E-state index contributed by atoms with van der Waals surface area (Å²) in [6.07, 6.45) is 1.18. The lowest BCUT2D eigenvalue weighted by Gasteiger charge is -2.38. The van der Waals surface area contributed by atoms with Crippen molar-refractivity contribution in [1.29, 1.82) is 5.26 Å². The lowest BCUT2D eigenvalue weighted by atomic mass is 10.0. The molecular weight excluding hydrogens is 521 g/mol. The minimum absolute atomic E-state index is 0.0431. The van der Waals surface area contributed by atoms with Crippen LogP contribution in [-0.4, -0.2) is 66.6 Å². The monoisotopic (exact) mass is 547 g/mol. The van der Waals surface area contributed by atoms with Gasteiger partial charge in [0.1, 0.15) is 29.4 Å². The van der Waals surface area contributed by atoms with E-state index in [1.165, 1.54) is 37.6 Å².